The molecule has 0 atom stereocenters. The van der Waals surface area contributed by atoms with Crippen molar-refractivity contribution in [2.45, 2.75) is 0 Å². The predicted molar refractivity (Wildman–Crippen MR) is 47.7 cm³/mol. The molecule has 0 radical (unpaired) electrons. The zero-order valence-electron chi connectivity index (χ0n) is 6.72. The highest BCUT2D eigenvalue weighted by molar-refractivity contribution is 7.10. The third-order valence-electron chi connectivity index (χ3n) is 1.16. The Hall–Kier alpha value is -1.63. The van der Waals surface area contributed by atoms with Crippen LogP contribution in [0.15, 0.2) is 11.2 Å². The molecule has 3 N–H and O–H groups in total. The van der Waals surface area contributed by atoms with E-state index in [0.29, 0.717) is 5.00 Å². The maximum absolute atomic E-state index is 10.6. The summed E-state index contributed by atoms with van der Waals surface area (Å²) in [5, 5.41) is 12.4. The van der Waals surface area contributed by atoms with Crippen molar-refractivity contribution in [1.82, 2.24) is 4.37 Å². The second kappa shape index (κ2) is 3.85. The van der Waals surface area contributed by atoms with Crippen LogP contribution in [-0.2, 0) is 9.63 Å². The maximum Gasteiger partial charge on any atom is 0.360 e. The fraction of sp³-hybridized carbons (Fsp3) is 0.167. The van der Waals surface area contributed by atoms with Gasteiger partial charge in [-0.2, -0.15) is 4.37 Å². The molecule has 0 bridgehead atoms. The largest absolute Gasteiger partial charge is 0.476 e. The highest BCUT2D eigenvalue weighted by Gasteiger charge is 2.16. The average molecular weight is 201 g/mol. The van der Waals surface area contributed by atoms with Gasteiger partial charge in [0.1, 0.15) is 17.8 Å². The van der Waals surface area contributed by atoms with Crippen molar-refractivity contribution < 1.29 is 14.7 Å². The average Bonchev–Trinajstić information content (AvgIpc) is 2.46. The number of anilines is 1. The van der Waals surface area contributed by atoms with Crippen molar-refractivity contribution in [2.24, 2.45) is 5.16 Å². The van der Waals surface area contributed by atoms with Gasteiger partial charge in [0.2, 0.25) is 5.71 Å². The molecule has 0 saturated carbocycles. The summed E-state index contributed by atoms with van der Waals surface area (Å²) in [6, 6.07) is 1.43. The molecule has 0 amide bonds. The fourth-order valence-electron chi connectivity index (χ4n) is 0.688. The molecule has 0 unspecified atom stereocenters. The summed E-state index contributed by atoms with van der Waals surface area (Å²) in [5.41, 5.74) is 5.33. The van der Waals surface area contributed by atoms with Crippen LogP contribution in [-0.4, -0.2) is 28.3 Å². The van der Waals surface area contributed by atoms with Gasteiger partial charge in [-0.1, -0.05) is 5.16 Å². The van der Waals surface area contributed by atoms with Gasteiger partial charge in [-0.3, -0.25) is 0 Å². The highest BCUT2D eigenvalue weighted by atomic mass is 32.1. The minimum atomic E-state index is -1.20. The summed E-state index contributed by atoms with van der Waals surface area (Å²) < 4.78 is 3.78. The molecule has 1 aromatic rings. The van der Waals surface area contributed by atoms with Gasteiger partial charge in [0.05, 0.1) is 0 Å². The first-order valence-corrected chi connectivity index (χ1v) is 3.99. The molecule has 1 rings (SSSR count). The molecule has 0 spiro atoms. The van der Waals surface area contributed by atoms with Crippen molar-refractivity contribution in [3.05, 3.63) is 11.8 Å². The Morgan fingerprint density at radius 2 is 2.54 bits per heavy atom. The van der Waals surface area contributed by atoms with Crippen LogP contribution in [0.25, 0.3) is 0 Å². The molecule has 70 valence electrons. The molecule has 7 heteroatoms. The Morgan fingerprint density at radius 3 is 2.92 bits per heavy atom. The Bertz CT molecular complexity index is 347. The second-order valence-corrected chi connectivity index (χ2v) is 2.88. The van der Waals surface area contributed by atoms with Crippen LogP contribution in [0.1, 0.15) is 5.69 Å². The van der Waals surface area contributed by atoms with E-state index in [0.717, 1.165) is 11.5 Å². The molecule has 0 aliphatic heterocycles. The second-order valence-electron chi connectivity index (χ2n) is 2.04. The number of carboxylic acids is 1. The Morgan fingerprint density at radius 1 is 1.85 bits per heavy atom. The predicted octanol–water partition coefficient (Wildman–Crippen LogP) is 0.160. The summed E-state index contributed by atoms with van der Waals surface area (Å²) in [6.45, 7) is 0. The zero-order chi connectivity index (χ0) is 9.84. The van der Waals surface area contributed by atoms with Crippen LogP contribution in [0.4, 0.5) is 5.00 Å². The van der Waals surface area contributed by atoms with Crippen molar-refractivity contribution in [2.75, 3.05) is 12.8 Å². The van der Waals surface area contributed by atoms with Crippen molar-refractivity contribution in [3.8, 4) is 0 Å². The number of carboxylic acid groups (broad SMARTS) is 1. The molecule has 1 heterocycles. The third kappa shape index (κ3) is 2.15. The highest BCUT2D eigenvalue weighted by Crippen LogP contribution is 2.12. The number of aromatic nitrogens is 1. The van der Waals surface area contributed by atoms with E-state index in [-0.39, 0.29) is 11.4 Å². The molecule has 0 aliphatic carbocycles. The van der Waals surface area contributed by atoms with Gasteiger partial charge in [0.25, 0.3) is 0 Å². The van der Waals surface area contributed by atoms with E-state index in [9.17, 15) is 4.79 Å². The molecule has 0 aliphatic rings. The summed E-state index contributed by atoms with van der Waals surface area (Å²) >= 11 is 1.00. The number of carbonyl (C=O) groups is 1. The van der Waals surface area contributed by atoms with Crippen LogP contribution in [0.5, 0.6) is 0 Å². The molecule has 6 nitrogen and oxygen atoms in total. The van der Waals surface area contributed by atoms with Gasteiger partial charge in [0.15, 0.2) is 0 Å². The topological polar surface area (TPSA) is 97.8 Å². The number of hydrogen-bond donors (Lipinski definition) is 2. The van der Waals surface area contributed by atoms with Gasteiger partial charge in [0, 0.05) is 6.07 Å². The molecule has 13 heavy (non-hydrogen) atoms. The smallest absolute Gasteiger partial charge is 0.360 e. The fourth-order valence-corrected chi connectivity index (χ4v) is 1.19. The van der Waals surface area contributed by atoms with Crippen LogP contribution >= 0.6 is 11.5 Å². The molecule has 1 aromatic heterocycles. The number of nitrogens with zero attached hydrogens (tertiary/aromatic N) is 2. The minimum Gasteiger partial charge on any atom is -0.476 e. The minimum absolute atomic E-state index is 0.205. The molecular formula is C6H7N3O3S. The normalized spacial score (nSPS) is 11.3. The van der Waals surface area contributed by atoms with Crippen molar-refractivity contribution in [1.29, 1.82) is 0 Å². The van der Waals surface area contributed by atoms with E-state index >= 15 is 0 Å². The lowest BCUT2D eigenvalue weighted by atomic mass is 10.3. The van der Waals surface area contributed by atoms with Crippen LogP contribution in [0.2, 0.25) is 0 Å². The van der Waals surface area contributed by atoms with E-state index in [1.807, 2.05) is 0 Å². The van der Waals surface area contributed by atoms with E-state index in [4.69, 9.17) is 10.8 Å². The standard InChI is InChI=1S/C6H7N3O3S/c1-12-8-5(6(10)11)3-2-4(7)13-9-3/h2H,7H2,1H3,(H,10,11)/b8-5-. The van der Waals surface area contributed by atoms with Crippen LogP contribution in [0.3, 0.4) is 0 Å². The Kier molecular flexibility index (Phi) is 2.80. The quantitative estimate of drug-likeness (QED) is 0.536. The molecule has 0 saturated heterocycles. The van der Waals surface area contributed by atoms with Crippen LogP contribution < -0.4 is 5.73 Å². The summed E-state index contributed by atoms with van der Waals surface area (Å²) in [7, 11) is 1.26. The number of nitrogen functional groups attached to an aromatic ring is 1. The third-order valence-corrected chi connectivity index (χ3v) is 1.77. The van der Waals surface area contributed by atoms with Crippen LogP contribution in [0, 0.1) is 0 Å². The van der Waals surface area contributed by atoms with Gasteiger partial charge >= 0.3 is 5.97 Å². The van der Waals surface area contributed by atoms with Crippen molar-refractivity contribution >= 4 is 28.2 Å². The Balaban J connectivity index is 3.02. The first kappa shape index (κ1) is 9.46. The number of rotatable bonds is 3. The van der Waals surface area contributed by atoms with Gasteiger partial charge in [-0.15, -0.1) is 0 Å². The van der Waals surface area contributed by atoms with E-state index < -0.39 is 5.97 Å². The summed E-state index contributed by atoms with van der Waals surface area (Å²) in [6.07, 6.45) is 0. The van der Waals surface area contributed by atoms with Gasteiger partial charge < -0.3 is 15.7 Å². The lowest BCUT2D eigenvalue weighted by Crippen LogP contribution is -2.15. The molecular weight excluding hydrogens is 194 g/mol. The number of hydrogen-bond acceptors (Lipinski definition) is 6. The molecule has 0 fully saturated rings. The number of nitrogens with two attached hydrogens (primary N) is 1. The van der Waals surface area contributed by atoms with E-state index in [1.54, 1.807) is 0 Å². The Labute approximate surface area is 77.8 Å². The lowest BCUT2D eigenvalue weighted by Gasteiger charge is -1.93. The SMILES string of the molecule is CO/N=C(\C(=O)O)c1cc(N)sn1. The first-order chi connectivity index (χ1) is 6.15. The summed E-state index contributed by atoms with van der Waals surface area (Å²) in [4.78, 5) is 15.0. The van der Waals surface area contributed by atoms with E-state index in [2.05, 4.69) is 14.4 Å². The van der Waals surface area contributed by atoms with E-state index in [1.165, 1.54) is 13.2 Å². The molecule has 0 aromatic carbocycles. The monoisotopic (exact) mass is 201 g/mol. The van der Waals surface area contributed by atoms with Gasteiger partial charge in [-0.25, -0.2) is 4.79 Å². The zero-order valence-corrected chi connectivity index (χ0v) is 7.54. The van der Waals surface area contributed by atoms with Gasteiger partial charge in [-0.05, 0) is 11.5 Å². The lowest BCUT2D eigenvalue weighted by molar-refractivity contribution is -0.129. The number of aliphatic carboxylic acids is 1. The maximum atomic E-state index is 10.6. The number of oxime groups is 1. The first-order valence-electron chi connectivity index (χ1n) is 3.22. The summed E-state index contributed by atoms with van der Waals surface area (Å²) in [5.74, 6) is -1.20. The van der Waals surface area contributed by atoms with Crippen molar-refractivity contribution in [3.63, 3.8) is 0 Å².